The van der Waals surface area contributed by atoms with Crippen LogP contribution in [0.1, 0.15) is 0 Å². The Morgan fingerprint density at radius 3 is 1.74 bits per heavy atom. The average Bonchev–Trinajstić information content (AvgIpc) is 3.47. The monoisotopic (exact) mass is 537 g/mol. The van der Waals surface area contributed by atoms with Crippen LogP contribution in [0.2, 0.25) is 0 Å². The number of fused-ring (bicyclic) bond motifs is 5. The molecule has 7 aromatic carbocycles. The summed E-state index contributed by atoms with van der Waals surface area (Å²) in [5.41, 5.74) is 9.66. The fourth-order valence-electron chi connectivity index (χ4n) is 6.09. The lowest BCUT2D eigenvalue weighted by Gasteiger charge is -2.27. The molecule has 0 bridgehead atoms. The number of nitrogens with zero attached hydrogens (tertiary/aromatic N) is 1. The van der Waals surface area contributed by atoms with E-state index in [9.17, 15) is 0 Å². The first-order valence-electron chi connectivity index (χ1n) is 14.3. The van der Waals surface area contributed by atoms with Crippen LogP contribution in [0, 0.1) is 0 Å². The zero-order valence-corrected chi connectivity index (χ0v) is 22.9. The van der Waals surface area contributed by atoms with Crippen molar-refractivity contribution in [2.45, 2.75) is 0 Å². The van der Waals surface area contributed by atoms with Gasteiger partial charge in [0, 0.05) is 22.3 Å². The van der Waals surface area contributed by atoms with Crippen LogP contribution in [0.15, 0.2) is 168 Å². The van der Waals surface area contributed by atoms with Crippen LogP contribution >= 0.6 is 0 Å². The van der Waals surface area contributed by atoms with E-state index in [1.54, 1.807) is 0 Å². The molecule has 0 saturated heterocycles. The predicted octanol–water partition coefficient (Wildman–Crippen LogP) is 11.5. The first kappa shape index (κ1) is 24.2. The second-order valence-electron chi connectivity index (χ2n) is 10.5. The van der Waals surface area contributed by atoms with Gasteiger partial charge < -0.3 is 9.32 Å². The van der Waals surface area contributed by atoms with Gasteiger partial charge in [-0.3, -0.25) is 0 Å². The topological polar surface area (TPSA) is 16.4 Å². The van der Waals surface area contributed by atoms with E-state index in [4.69, 9.17) is 4.42 Å². The Bertz CT molecular complexity index is 2160. The number of furan rings is 1. The summed E-state index contributed by atoms with van der Waals surface area (Å²) in [6, 6.07) is 57.8. The zero-order chi connectivity index (χ0) is 27.9. The van der Waals surface area contributed by atoms with Gasteiger partial charge in [0.1, 0.15) is 11.2 Å². The van der Waals surface area contributed by atoms with Gasteiger partial charge >= 0.3 is 0 Å². The average molecular weight is 538 g/mol. The van der Waals surface area contributed by atoms with Crippen LogP contribution in [0.3, 0.4) is 0 Å². The van der Waals surface area contributed by atoms with Gasteiger partial charge in [0.25, 0.3) is 0 Å². The fourth-order valence-corrected chi connectivity index (χ4v) is 6.09. The van der Waals surface area contributed by atoms with Crippen LogP contribution < -0.4 is 4.90 Å². The predicted molar refractivity (Wildman–Crippen MR) is 177 cm³/mol. The van der Waals surface area contributed by atoms with Crippen LogP contribution in [-0.2, 0) is 0 Å². The highest BCUT2D eigenvalue weighted by molar-refractivity contribution is 6.25. The Balaban J connectivity index is 1.44. The summed E-state index contributed by atoms with van der Waals surface area (Å²) in [6.07, 6.45) is 0. The van der Waals surface area contributed by atoms with Gasteiger partial charge in [-0.1, -0.05) is 121 Å². The number of para-hydroxylation sites is 1. The molecule has 0 saturated carbocycles. The van der Waals surface area contributed by atoms with Crippen molar-refractivity contribution >= 4 is 49.8 Å². The summed E-state index contributed by atoms with van der Waals surface area (Å²) >= 11 is 0. The van der Waals surface area contributed by atoms with E-state index in [0.29, 0.717) is 0 Å². The van der Waals surface area contributed by atoms with Crippen molar-refractivity contribution in [2.75, 3.05) is 4.90 Å². The van der Waals surface area contributed by atoms with Gasteiger partial charge in [-0.2, -0.15) is 0 Å². The van der Waals surface area contributed by atoms with Gasteiger partial charge in [-0.15, -0.1) is 0 Å². The Labute approximate surface area is 244 Å². The number of hydrogen-bond acceptors (Lipinski definition) is 2. The maximum absolute atomic E-state index is 6.76. The van der Waals surface area contributed by atoms with Crippen LogP contribution in [-0.4, -0.2) is 0 Å². The van der Waals surface area contributed by atoms with E-state index in [2.05, 4.69) is 169 Å². The van der Waals surface area contributed by atoms with Crippen molar-refractivity contribution in [2.24, 2.45) is 0 Å². The molecule has 0 fully saturated rings. The summed E-state index contributed by atoms with van der Waals surface area (Å²) < 4.78 is 6.76. The van der Waals surface area contributed by atoms with Crippen LogP contribution in [0.25, 0.3) is 55.0 Å². The van der Waals surface area contributed by atoms with Crippen molar-refractivity contribution in [3.63, 3.8) is 0 Å². The minimum absolute atomic E-state index is 0.890. The maximum Gasteiger partial charge on any atom is 0.145 e. The summed E-state index contributed by atoms with van der Waals surface area (Å²) in [5.74, 6) is 0. The third kappa shape index (κ3) is 4.05. The molecule has 2 heteroatoms. The van der Waals surface area contributed by atoms with Crippen LogP contribution in [0.4, 0.5) is 17.1 Å². The molecule has 8 aromatic rings. The van der Waals surface area contributed by atoms with Gasteiger partial charge in [0.15, 0.2) is 0 Å². The molecule has 1 aromatic heterocycles. The van der Waals surface area contributed by atoms with Crippen molar-refractivity contribution in [3.8, 4) is 22.3 Å². The fraction of sp³-hybridized carbons (Fsp3) is 0. The van der Waals surface area contributed by atoms with Gasteiger partial charge in [0.2, 0.25) is 0 Å². The Morgan fingerprint density at radius 1 is 0.405 bits per heavy atom. The van der Waals surface area contributed by atoms with Crippen LogP contribution in [0.5, 0.6) is 0 Å². The van der Waals surface area contributed by atoms with Gasteiger partial charge in [-0.25, -0.2) is 0 Å². The molecule has 0 aliphatic rings. The number of rotatable bonds is 5. The highest BCUT2D eigenvalue weighted by Gasteiger charge is 2.23. The highest BCUT2D eigenvalue weighted by Crippen LogP contribution is 2.47. The Kier molecular flexibility index (Phi) is 5.82. The number of anilines is 3. The standard InChI is InChI=1S/C40H27NO/c1-4-12-28(13-5-1)29-20-23-33(24-21-29)41(32-17-8-3-9-18-32)36-26-25-35(30-14-6-2-7-15-30)40-39(36)38-34-19-11-10-16-31(34)22-27-37(38)42-40/h1-27H. The number of benzene rings is 7. The van der Waals surface area contributed by atoms with E-state index in [1.807, 2.05) is 0 Å². The quantitative estimate of drug-likeness (QED) is 0.217. The molecule has 8 rings (SSSR count). The van der Waals surface area contributed by atoms with Gasteiger partial charge in [0.05, 0.1) is 11.1 Å². The molecule has 0 radical (unpaired) electrons. The van der Waals surface area contributed by atoms with Crippen molar-refractivity contribution in [1.29, 1.82) is 0 Å². The van der Waals surface area contributed by atoms with E-state index in [-0.39, 0.29) is 0 Å². The Hall–Kier alpha value is -5.60. The lowest BCUT2D eigenvalue weighted by molar-refractivity contribution is 0.670. The molecule has 0 spiro atoms. The molecule has 2 nitrogen and oxygen atoms in total. The molecule has 1 heterocycles. The first-order valence-corrected chi connectivity index (χ1v) is 14.3. The summed E-state index contributed by atoms with van der Waals surface area (Å²) in [7, 11) is 0. The normalized spacial score (nSPS) is 11.3. The molecule has 198 valence electrons. The minimum atomic E-state index is 0.890. The Morgan fingerprint density at radius 2 is 1.00 bits per heavy atom. The molecule has 0 aliphatic carbocycles. The SMILES string of the molecule is c1ccc(-c2ccc(N(c3ccccc3)c3ccc(-c4ccccc4)c4oc5ccc6ccccc6c5c34)cc2)cc1. The van der Waals surface area contributed by atoms with E-state index in [0.717, 1.165) is 50.1 Å². The molecular weight excluding hydrogens is 510 g/mol. The molecule has 42 heavy (non-hydrogen) atoms. The highest BCUT2D eigenvalue weighted by atomic mass is 16.3. The molecule has 0 unspecified atom stereocenters. The molecule has 0 aliphatic heterocycles. The van der Waals surface area contributed by atoms with Crippen molar-refractivity contribution < 1.29 is 4.42 Å². The van der Waals surface area contributed by atoms with Crippen molar-refractivity contribution in [3.05, 3.63) is 164 Å². The van der Waals surface area contributed by atoms with E-state index in [1.165, 1.54) is 21.9 Å². The first-order chi connectivity index (χ1) is 20.8. The summed E-state index contributed by atoms with van der Waals surface area (Å²) in [5, 5.41) is 4.63. The summed E-state index contributed by atoms with van der Waals surface area (Å²) in [4.78, 5) is 2.35. The zero-order valence-electron chi connectivity index (χ0n) is 22.9. The molecule has 0 atom stereocenters. The second-order valence-corrected chi connectivity index (χ2v) is 10.5. The van der Waals surface area contributed by atoms with Crippen molar-refractivity contribution in [1.82, 2.24) is 0 Å². The number of hydrogen-bond donors (Lipinski definition) is 0. The maximum atomic E-state index is 6.76. The largest absolute Gasteiger partial charge is 0.455 e. The third-order valence-electron chi connectivity index (χ3n) is 8.06. The van der Waals surface area contributed by atoms with Gasteiger partial charge in [-0.05, 0) is 69.9 Å². The summed E-state index contributed by atoms with van der Waals surface area (Å²) in [6.45, 7) is 0. The van der Waals surface area contributed by atoms with E-state index >= 15 is 0 Å². The van der Waals surface area contributed by atoms with E-state index < -0.39 is 0 Å². The lowest BCUT2D eigenvalue weighted by atomic mass is 9.97. The smallest absolute Gasteiger partial charge is 0.145 e. The minimum Gasteiger partial charge on any atom is -0.455 e. The molecule has 0 N–H and O–H groups in total. The lowest BCUT2D eigenvalue weighted by Crippen LogP contribution is -2.10. The molecular formula is C40H27NO. The second kappa shape index (κ2) is 10.1. The molecule has 0 amide bonds. The third-order valence-corrected chi connectivity index (χ3v) is 8.06.